The lowest BCUT2D eigenvalue weighted by Crippen LogP contribution is -2.33. The van der Waals surface area contributed by atoms with Gasteiger partial charge in [-0.15, -0.1) is 11.8 Å². The zero-order chi connectivity index (χ0) is 13.5. The topological polar surface area (TPSA) is 25.2 Å². The summed E-state index contributed by atoms with van der Waals surface area (Å²) in [7, 11) is 0. The monoisotopic (exact) mass is 275 g/mol. The van der Waals surface area contributed by atoms with Gasteiger partial charge in [-0.05, 0) is 43.7 Å². The minimum Gasteiger partial charge on any atom is -0.472 e. The van der Waals surface area contributed by atoms with Gasteiger partial charge in [-0.25, -0.2) is 0 Å². The Morgan fingerprint density at radius 2 is 2.00 bits per heavy atom. The summed E-state index contributed by atoms with van der Waals surface area (Å²) in [6, 6.07) is 11.2. The van der Waals surface area contributed by atoms with Crippen molar-refractivity contribution in [2.24, 2.45) is 0 Å². The van der Waals surface area contributed by atoms with E-state index in [0.717, 1.165) is 18.7 Å². The van der Waals surface area contributed by atoms with Crippen LogP contribution in [0.5, 0.6) is 0 Å². The molecule has 0 fully saturated rings. The second-order valence-electron chi connectivity index (χ2n) is 4.71. The summed E-state index contributed by atoms with van der Waals surface area (Å²) in [6.45, 7) is 5.27. The van der Waals surface area contributed by atoms with Gasteiger partial charge in [0.15, 0.2) is 0 Å². The maximum atomic E-state index is 5.13. The normalized spacial score (nSPS) is 12.5. The molecule has 19 heavy (non-hydrogen) atoms. The van der Waals surface area contributed by atoms with Crippen molar-refractivity contribution in [2.45, 2.75) is 31.2 Å². The number of likely N-dealkylation sites (N-methyl/N-ethyl adjacent to an activating group) is 1. The van der Waals surface area contributed by atoms with Crippen molar-refractivity contribution in [2.75, 3.05) is 12.3 Å². The molecule has 2 aromatic rings. The van der Waals surface area contributed by atoms with Gasteiger partial charge in [0.05, 0.1) is 12.5 Å². The Morgan fingerprint density at radius 3 is 2.63 bits per heavy atom. The van der Waals surface area contributed by atoms with Crippen LogP contribution in [0.2, 0.25) is 0 Å². The maximum absolute atomic E-state index is 5.13. The number of rotatable bonds is 7. The fraction of sp³-hybridized carbons (Fsp3) is 0.375. The lowest BCUT2D eigenvalue weighted by Gasteiger charge is -2.16. The van der Waals surface area contributed by atoms with Gasteiger partial charge in [0.25, 0.3) is 0 Å². The van der Waals surface area contributed by atoms with E-state index in [9.17, 15) is 0 Å². The summed E-state index contributed by atoms with van der Waals surface area (Å²) in [4.78, 5) is 1.33. The molecular formula is C16H21NOS. The molecule has 102 valence electrons. The molecule has 1 aromatic heterocycles. The van der Waals surface area contributed by atoms with Gasteiger partial charge in [0.2, 0.25) is 0 Å². The number of hydrogen-bond acceptors (Lipinski definition) is 3. The van der Waals surface area contributed by atoms with E-state index in [0.29, 0.717) is 6.04 Å². The van der Waals surface area contributed by atoms with Gasteiger partial charge in [-0.2, -0.15) is 0 Å². The van der Waals surface area contributed by atoms with Crippen molar-refractivity contribution < 1.29 is 4.42 Å². The molecule has 2 rings (SSSR count). The van der Waals surface area contributed by atoms with Crippen LogP contribution >= 0.6 is 11.8 Å². The molecular weight excluding hydrogens is 254 g/mol. The quantitative estimate of drug-likeness (QED) is 0.776. The van der Waals surface area contributed by atoms with E-state index in [-0.39, 0.29) is 0 Å². The average molecular weight is 275 g/mol. The Morgan fingerprint density at radius 1 is 1.21 bits per heavy atom. The third kappa shape index (κ3) is 4.77. The van der Waals surface area contributed by atoms with E-state index < -0.39 is 0 Å². The molecule has 2 nitrogen and oxygen atoms in total. The Bertz CT molecular complexity index is 464. The Balaban J connectivity index is 1.87. The molecule has 1 unspecified atom stereocenters. The number of nitrogens with one attached hydrogen (secondary N) is 1. The Labute approximate surface area is 119 Å². The Kier molecular flexibility index (Phi) is 5.55. The second-order valence-corrected chi connectivity index (χ2v) is 5.81. The molecule has 3 heteroatoms. The van der Waals surface area contributed by atoms with E-state index in [1.165, 1.54) is 16.0 Å². The molecule has 1 aromatic carbocycles. The lowest BCUT2D eigenvalue weighted by molar-refractivity contribution is 0.547. The first-order valence-electron chi connectivity index (χ1n) is 6.72. The molecule has 1 atom stereocenters. The van der Waals surface area contributed by atoms with Gasteiger partial charge < -0.3 is 9.73 Å². The van der Waals surface area contributed by atoms with Crippen LogP contribution in [0.15, 0.2) is 52.2 Å². The van der Waals surface area contributed by atoms with Crippen molar-refractivity contribution in [1.82, 2.24) is 5.32 Å². The highest BCUT2D eigenvalue weighted by Crippen LogP contribution is 2.20. The standard InChI is InChI=1S/C16H21NOS/c1-3-17-15(10-14-8-9-18-11-14)12-19-16-6-4-13(2)5-7-16/h4-9,11,15,17H,3,10,12H2,1-2H3. The molecule has 0 aliphatic carbocycles. The molecule has 1 heterocycles. The minimum atomic E-state index is 0.480. The van der Waals surface area contributed by atoms with Crippen LogP contribution in [0, 0.1) is 6.92 Å². The highest BCUT2D eigenvalue weighted by Gasteiger charge is 2.09. The maximum Gasteiger partial charge on any atom is 0.0935 e. The smallest absolute Gasteiger partial charge is 0.0935 e. The Hall–Kier alpha value is -1.19. The number of thioether (sulfide) groups is 1. The van der Waals surface area contributed by atoms with Crippen LogP contribution in [-0.4, -0.2) is 18.3 Å². The van der Waals surface area contributed by atoms with Crippen molar-refractivity contribution in [3.8, 4) is 0 Å². The van der Waals surface area contributed by atoms with E-state index >= 15 is 0 Å². The van der Waals surface area contributed by atoms with E-state index in [2.05, 4.69) is 43.4 Å². The molecule has 0 aliphatic rings. The average Bonchev–Trinajstić information content (AvgIpc) is 2.91. The SMILES string of the molecule is CCNC(CSc1ccc(C)cc1)Cc1ccoc1. The van der Waals surface area contributed by atoms with Crippen LogP contribution in [0.25, 0.3) is 0 Å². The van der Waals surface area contributed by atoms with Gasteiger partial charge in [0.1, 0.15) is 0 Å². The molecule has 0 saturated heterocycles. The van der Waals surface area contributed by atoms with Crippen LogP contribution in [0.4, 0.5) is 0 Å². The summed E-state index contributed by atoms with van der Waals surface area (Å²) in [5.74, 6) is 1.07. The van der Waals surface area contributed by atoms with Crippen molar-refractivity contribution >= 4 is 11.8 Å². The first-order chi connectivity index (χ1) is 9.28. The first-order valence-corrected chi connectivity index (χ1v) is 7.70. The highest BCUT2D eigenvalue weighted by molar-refractivity contribution is 7.99. The molecule has 0 saturated carbocycles. The fourth-order valence-electron chi connectivity index (χ4n) is 2.00. The molecule has 0 bridgehead atoms. The van der Waals surface area contributed by atoms with Gasteiger partial charge in [0, 0.05) is 16.7 Å². The van der Waals surface area contributed by atoms with Crippen LogP contribution in [0.3, 0.4) is 0 Å². The third-order valence-electron chi connectivity index (χ3n) is 3.03. The summed E-state index contributed by atoms with van der Waals surface area (Å²) < 4.78 is 5.13. The van der Waals surface area contributed by atoms with Gasteiger partial charge >= 0.3 is 0 Å². The zero-order valence-corrected chi connectivity index (χ0v) is 12.4. The minimum absolute atomic E-state index is 0.480. The van der Waals surface area contributed by atoms with Crippen LogP contribution in [0.1, 0.15) is 18.1 Å². The van der Waals surface area contributed by atoms with Crippen molar-refractivity contribution in [3.05, 3.63) is 54.0 Å². The number of furan rings is 1. The summed E-state index contributed by atoms with van der Waals surface area (Å²) in [5.41, 5.74) is 2.57. The van der Waals surface area contributed by atoms with E-state index in [4.69, 9.17) is 4.42 Å². The molecule has 0 aliphatic heterocycles. The van der Waals surface area contributed by atoms with E-state index in [1.54, 1.807) is 6.26 Å². The van der Waals surface area contributed by atoms with Crippen LogP contribution in [-0.2, 0) is 6.42 Å². The molecule has 0 spiro atoms. The van der Waals surface area contributed by atoms with Crippen LogP contribution < -0.4 is 5.32 Å². The predicted octanol–water partition coefficient (Wildman–Crippen LogP) is 3.90. The van der Waals surface area contributed by atoms with Crippen molar-refractivity contribution in [1.29, 1.82) is 0 Å². The lowest BCUT2D eigenvalue weighted by atomic mass is 10.1. The fourth-order valence-corrected chi connectivity index (χ4v) is 2.96. The predicted molar refractivity (Wildman–Crippen MR) is 81.8 cm³/mol. The van der Waals surface area contributed by atoms with Crippen molar-refractivity contribution in [3.63, 3.8) is 0 Å². The third-order valence-corrected chi connectivity index (χ3v) is 4.20. The molecule has 1 N–H and O–H groups in total. The summed E-state index contributed by atoms with van der Waals surface area (Å²) in [5, 5.41) is 3.54. The molecule has 0 amide bonds. The van der Waals surface area contributed by atoms with Gasteiger partial charge in [-0.1, -0.05) is 24.6 Å². The highest BCUT2D eigenvalue weighted by atomic mass is 32.2. The first kappa shape index (κ1) is 14.2. The zero-order valence-electron chi connectivity index (χ0n) is 11.6. The largest absolute Gasteiger partial charge is 0.472 e. The van der Waals surface area contributed by atoms with Gasteiger partial charge in [-0.3, -0.25) is 0 Å². The number of hydrogen-bond donors (Lipinski definition) is 1. The van der Waals surface area contributed by atoms with E-state index in [1.807, 2.05) is 24.1 Å². The second kappa shape index (κ2) is 7.41. The molecule has 0 radical (unpaired) electrons. The number of benzene rings is 1. The number of aryl methyl sites for hydroxylation is 1. The summed E-state index contributed by atoms with van der Waals surface area (Å²) >= 11 is 1.91. The summed E-state index contributed by atoms with van der Waals surface area (Å²) in [6.07, 6.45) is 4.59.